The van der Waals surface area contributed by atoms with Crippen molar-refractivity contribution in [2.45, 2.75) is 33.6 Å². The molecule has 0 bridgehead atoms. The van der Waals surface area contributed by atoms with E-state index in [0.717, 1.165) is 25.9 Å². The molecule has 0 radical (unpaired) electrons. The number of hydrogen-bond acceptors (Lipinski definition) is 3. The number of rotatable bonds is 4. The van der Waals surface area contributed by atoms with Crippen molar-refractivity contribution in [3.05, 3.63) is 30.2 Å². The molecule has 1 aromatic rings. The first-order valence-corrected chi connectivity index (χ1v) is 8.15. The van der Waals surface area contributed by atoms with Crippen LogP contribution in [0, 0.1) is 11.3 Å². The zero-order valence-electron chi connectivity index (χ0n) is 14.2. The molecule has 1 fully saturated rings. The van der Waals surface area contributed by atoms with Gasteiger partial charge in [-0.1, -0.05) is 20.8 Å². The summed E-state index contributed by atoms with van der Waals surface area (Å²) < 4.78 is 5.17. The molecule has 2 amide bonds. The molecule has 1 aliphatic rings. The Hall–Kier alpha value is -2.04. The van der Waals surface area contributed by atoms with E-state index in [1.54, 1.807) is 24.5 Å². The van der Waals surface area contributed by atoms with Crippen LogP contribution in [0.5, 0.6) is 0 Å². The number of carbonyl (C=O) groups excluding carboxylic acids is 2. The topological polar surface area (TPSA) is 62.6 Å². The van der Waals surface area contributed by atoms with Gasteiger partial charge >= 0.3 is 0 Å². The number of likely N-dealkylation sites (tertiary alicyclic amines) is 1. The first kappa shape index (κ1) is 17.3. The van der Waals surface area contributed by atoms with Crippen LogP contribution in [0.3, 0.4) is 0 Å². The number of hydrogen-bond donors (Lipinski definition) is 1. The minimum Gasteiger partial charge on any atom is -0.465 e. The van der Waals surface area contributed by atoms with Crippen LogP contribution < -0.4 is 5.32 Å². The highest BCUT2D eigenvalue weighted by molar-refractivity contribution is 5.91. The maximum atomic E-state index is 12.1. The molecule has 23 heavy (non-hydrogen) atoms. The SMILES string of the molecule is CC(C)(C)C(=O)NCC1CCN(C(=O)/C=C/c2ccco2)CC1. The molecule has 0 spiro atoms. The molecule has 5 nitrogen and oxygen atoms in total. The molecule has 0 aromatic carbocycles. The van der Waals surface area contributed by atoms with Crippen molar-refractivity contribution >= 4 is 17.9 Å². The predicted molar refractivity (Wildman–Crippen MR) is 89.5 cm³/mol. The minimum atomic E-state index is -0.354. The van der Waals surface area contributed by atoms with Crippen molar-refractivity contribution < 1.29 is 14.0 Å². The van der Waals surface area contributed by atoms with E-state index in [4.69, 9.17) is 4.42 Å². The second-order valence-corrected chi connectivity index (χ2v) is 7.08. The van der Waals surface area contributed by atoms with Gasteiger partial charge in [-0.3, -0.25) is 9.59 Å². The lowest BCUT2D eigenvalue weighted by atomic mass is 9.93. The minimum absolute atomic E-state index is 0.0126. The molecule has 5 heteroatoms. The first-order chi connectivity index (χ1) is 10.9. The fourth-order valence-corrected chi connectivity index (χ4v) is 2.50. The molecular weight excluding hydrogens is 292 g/mol. The molecule has 0 saturated carbocycles. The molecule has 1 N–H and O–H groups in total. The number of nitrogens with one attached hydrogen (secondary N) is 1. The number of amides is 2. The van der Waals surface area contributed by atoms with Gasteiger partial charge in [-0.25, -0.2) is 0 Å². The highest BCUT2D eigenvalue weighted by Crippen LogP contribution is 2.18. The third-order valence-electron chi connectivity index (χ3n) is 4.09. The molecule has 0 unspecified atom stereocenters. The summed E-state index contributed by atoms with van der Waals surface area (Å²) in [6, 6.07) is 3.61. The molecule has 126 valence electrons. The number of piperidine rings is 1. The zero-order chi connectivity index (χ0) is 16.9. The first-order valence-electron chi connectivity index (χ1n) is 8.15. The van der Waals surface area contributed by atoms with Crippen molar-refractivity contribution in [2.75, 3.05) is 19.6 Å². The van der Waals surface area contributed by atoms with Gasteiger partial charge in [0.25, 0.3) is 0 Å². The summed E-state index contributed by atoms with van der Waals surface area (Å²) in [4.78, 5) is 25.9. The van der Waals surface area contributed by atoms with Crippen LogP contribution in [-0.4, -0.2) is 36.3 Å². The third kappa shape index (κ3) is 5.27. The van der Waals surface area contributed by atoms with Crippen molar-refractivity contribution in [1.29, 1.82) is 0 Å². The second-order valence-electron chi connectivity index (χ2n) is 7.08. The van der Waals surface area contributed by atoms with Gasteiger partial charge in [0.05, 0.1) is 6.26 Å². The maximum Gasteiger partial charge on any atom is 0.246 e. The van der Waals surface area contributed by atoms with E-state index >= 15 is 0 Å². The van der Waals surface area contributed by atoms with E-state index in [2.05, 4.69) is 5.32 Å². The normalized spacial score (nSPS) is 16.7. The summed E-state index contributed by atoms with van der Waals surface area (Å²) in [7, 11) is 0. The number of carbonyl (C=O) groups is 2. The maximum absolute atomic E-state index is 12.1. The van der Waals surface area contributed by atoms with Crippen LogP contribution >= 0.6 is 0 Å². The van der Waals surface area contributed by atoms with E-state index in [1.807, 2.05) is 31.7 Å². The van der Waals surface area contributed by atoms with E-state index in [1.165, 1.54) is 0 Å². The quantitative estimate of drug-likeness (QED) is 0.868. The number of furan rings is 1. The summed E-state index contributed by atoms with van der Waals surface area (Å²) in [5.74, 6) is 1.22. The Morgan fingerprint density at radius 1 is 1.35 bits per heavy atom. The summed E-state index contributed by atoms with van der Waals surface area (Å²) in [5.41, 5.74) is -0.354. The van der Waals surface area contributed by atoms with Crippen molar-refractivity contribution in [3.63, 3.8) is 0 Å². The Morgan fingerprint density at radius 2 is 2.04 bits per heavy atom. The molecular formula is C18H26N2O3. The lowest BCUT2D eigenvalue weighted by molar-refractivity contribution is -0.130. The Labute approximate surface area is 137 Å². The average Bonchev–Trinajstić information content (AvgIpc) is 3.03. The lowest BCUT2D eigenvalue weighted by Crippen LogP contribution is -2.43. The number of nitrogens with zero attached hydrogens (tertiary/aromatic N) is 1. The molecule has 0 atom stereocenters. The van der Waals surface area contributed by atoms with Gasteiger partial charge in [0.2, 0.25) is 11.8 Å². The largest absolute Gasteiger partial charge is 0.465 e. The highest BCUT2D eigenvalue weighted by Gasteiger charge is 2.25. The third-order valence-corrected chi connectivity index (χ3v) is 4.09. The molecule has 1 aliphatic heterocycles. The van der Waals surface area contributed by atoms with Gasteiger partial charge in [0.1, 0.15) is 5.76 Å². The summed E-state index contributed by atoms with van der Waals surface area (Å²) in [6.45, 7) is 7.90. The molecule has 1 aromatic heterocycles. The van der Waals surface area contributed by atoms with Gasteiger partial charge in [-0.05, 0) is 37.0 Å². The smallest absolute Gasteiger partial charge is 0.246 e. The molecule has 2 heterocycles. The van der Waals surface area contributed by atoms with E-state index in [0.29, 0.717) is 18.2 Å². The van der Waals surface area contributed by atoms with Crippen LogP contribution in [-0.2, 0) is 9.59 Å². The molecule has 2 rings (SSSR count). The second kappa shape index (κ2) is 7.49. The Balaban J connectivity index is 1.73. The summed E-state index contributed by atoms with van der Waals surface area (Å²) in [6.07, 6.45) is 6.68. The van der Waals surface area contributed by atoms with Crippen molar-refractivity contribution in [2.24, 2.45) is 11.3 Å². The van der Waals surface area contributed by atoms with Gasteiger partial charge in [-0.15, -0.1) is 0 Å². The predicted octanol–water partition coefficient (Wildman–Crippen LogP) is 2.69. The van der Waals surface area contributed by atoms with Crippen LogP contribution in [0.25, 0.3) is 6.08 Å². The Bertz CT molecular complexity index is 547. The fraction of sp³-hybridized carbons (Fsp3) is 0.556. The lowest BCUT2D eigenvalue weighted by Gasteiger charge is -2.32. The van der Waals surface area contributed by atoms with Gasteiger partial charge in [0, 0.05) is 31.1 Å². The van der Waals surface area contributed by atoms with Crippen LogP contribution in [0.15, 0.2) is 28.9 Å². The van der Waals surface area contributed by atoms with Crippen LogP contribution in [0.2, 0.25) is 0 Å². The van der Waals surface area contributed by atoms with Crippen LogP contribution in [0.4, 0.5) is 0 Å². The van der Waals surface area contributed by atoms with Crippen molar-refractivity contribution in [3.8, 4) is 0 Å². The van der Waals surface area contributed by atoms with Gasteiger partial charge < -0.3 is 14.6 Å². The highest BCUT2D eigenvalue weighted by atomic mass is 16.3. The molecule has 0 aliphatic carbocycles. The zero-order valence-corrected chi connectivity index (χ0v) is 14.2. The Kier molecular flexibility index (Phi) is 5.64. The standard InChI is InChI=1S/C18H26N2O3/c1-18(2,3)17(22)19-13-14-8-10-20(11-9-14)16(21)7-6-15-5-4-12-23-15/h4-7,12,14H,8-11,13H2,1-3H3,(H,19,22)/b7-6+. The van der Waals surface area contributed by atoms with E-state index in [9.17, 15) is 9.59 Å². The van der Waals surface area contributed by atoms with Gasteiger partial charge in [-0.2, -0.15) is 0 Å². The fourth-order valence-electron chi connectivity index (χ4n) is 2.50. The van der Waals surface area contributed by atoms with Crippen molar-refractivity contribution in [1.82, 2.24) is 10.2 Å². The van der Waals surface area contributed by atoms with E-state index < -0.39 is 0 Å². The van der Waals surface area contributed by atoms with E-state index in [-0.39, 0.29) is 17.2 Å². The van der Waals surface area contributed by atoms with Gasteiger partial charge in [0.15, 0.2) is 0 Å². The summed E-state index contributed by atoms with van der Waals surface area (Å²) >= 11 is 0. The monoisotopic (exact) mass is 318 g/mol. The molecule has 1 saturated heterocycles. The Morgan fingerprint density at radius 3 is 2.61 bits per heavy atom. The summed E-state index contributed by atoms with van der Waals surface area (Å²) in [5, 5.41) is 3.01. The average molecular weight is 318 g/mol. The van der Waals surface area contributed by atoms with Crippen LogP contribution in [0.1, 0.15) is 39.4 Å².